The molecule has 0 bridgehead atoms. The second-order valence-corrected chi connectivity index (χ2v) is 17.1. The zero-order valence-electron chi connectivity index (χ0n) is 37.3. The summed E-state index contributed by atoms with van der Waals surface area (Å²) in [5.41, 5.74) is 4.44. The number of halogens is 5. The third-order valence-corrected chi connectivity index (χ3v) is 11.6. The Kier molecular flexibility index (Phi) is 33.0. The molecule has 0 aromatic heterocycles. The maximum atomic E-state index is 9.54. The number of carbonyl (C=O) groups is 1. The maximum absolute atomic E-state index is 9.54. The molecule has 2 fully saturated rings. The van der Waals surface area contributed by atoms with Crippen molar-refractivity contribution in [2.75, 3.05) is 52.8 Å². The van der Waals surface area contributed by atoms with Crippen LogP contribution in [0.1, 0.15) is 75.3 Å². The average molecular weight is 991 g/mol. The Morgan fingerprint density at radius 1 is 0.770 bits per heavy atom. The van der Waals surface area contributed by atoms with Crippen LogP contribution in [0, 0.1) is 11.8 Å². The molecule has 0 aliphatic carbocycles. The number of nitrogens with zero attached hydrogens (tertiary/aromatic N) is 2. The molecule has 2 heterocycles. The molecule has 3 N–H and O–H groups in total. The SMILES string of the molecule is CN1CCCC(CCl)C1.C[C@@H](NCc1ccc(Cl)c(O)c1)c1cccc(Cl)c1.C[C@@H](NCc1ccc(Cl)c(OCC2CCCN(C)C2)c1)c1cccc(Cl)c1.O=CO[O-].[H-].[K+].[K+]. The van der Waals surface area contributed by atoms with Crippen molar-refractivity contribution in [3.63, 3.8) is 0 Å². The molecule has 326 valence electrons. The number of ether oxygens (including phenoxy) is 1. The van der Waals surface area contributed by atoms with Gasteiger partial charge in [-0.1, -0.05) is 82.8 Å². The quantitative estimate of drug-likeness (QED) is 0.0597. The molecule has 2 aliphatic heterocycles. The van der Waals surface area contributed by atoms with Crippen LogP contribution in [0.2, 0.25) is 20.1 Å². The molecule has 2 aliphatic rings. The Hall–Kier alpha value is 0.473. The van der Waals surface area contributed by atoms with E-state index < -0.39 is 0 Å². The van der Waals surface area contributed by atoms with Gasteiger partial charge in [0.2, 0.25) is 0 Å². The molecule has 0 amide bonds. The van der Waals surface area contributed by atoms with Crippen molar-refractivity contribution in [2.45, 2.75) is 64.7 Å². The van der Waals surface area contributed by atoms with Crippen molar-refractivity contribution in [1.82, 2.24) is 20.4 Å². The Bertz CT molecular complexity index is 1840. The number of carbonyl (C=O) groups excluding carboxylic acids is 1. The van der Waals surface area contributed by atoms with E-state index in [1.165, 1.54) is 50.9 Å². The van der Waals surface area contributed by atoms with E-state index in [9.17, 15) is 5.11 Å². The number of nitrogens with one attached hydrogen (secondary N) is 2. The minimum absolute atomic E-state index is 0. The second kappa shape index (κ2) is 33.9. The number of likely N-dealkylation sites (tertiary alicyclic amines) is 2. The van der Waals surface area contributed by atoms with Crippen LogP contribution in [0.5, 0.6) is 11.5 Å². The molecule has 0 saturated carbocycles. The number of phenols is 1. The molecule has 2 unspecified atom stereocenters. The number of piperidine rings is 2. The summed E-state index contributed by atoms with van der Waals surface area (Å²) in [5, 5.41) is 27.4. The van der Waals surface area contributed by atoms with Gasteiger partial charge >= 0.3 is 103 Å². The Labute approximate surface area is 475 Å². The second-order valence-electron chi connectivity index (χ2n) is 15.1. The first-order chi connectivity index (χ1) is 28.3. The molecular formula is C45H59Cl5K2N4O5. The van der Waals surface area contributed by atoms with Crippen molar-refractivity contribution in [2.24, 2.45) is 11.8 Å². The summed E-state index contributed by atoms with van der Waals surface area (Å²) in [5.74, 6) is 3.05. The molecule has 4 aromatic rings. The van der Waals surface area contributed by atoms with Gasteiger partial charge in [0.15, 0.2) is 0 Å². The van der Waals surface area contributed by atoms with Crippen LogP contribution in [0.4, 0.5) is 0 Å². The molecule has 2 saturated heterocycles. The largest absolute Gasteiger partial charge is 1.00 e. The molecule has 61 heavy (non-hydrogen) atoms. The summed E-state index contributed by atoms with van der Waals surface area (Å²) in [4.78, 5) is 16.0. The Balaban J connectivity index is 0.000000924. The fraction of sp³-hybridized carbons (Fsp3) is 0.444. The van der Waals surface area contributed by atoms with Gasteiger partial charge in [0.1, 0.15) is 11.5 Å². The summed E-state index contributed by atoms with van der Waals surface area (Å²) in [6, 6.07) is 27.4. The van der Waals surface area contributed by atoms with Crippen LogP contribution < -0.4 is 123 Å². The van der Waals surface area contributed by atoms with Gasteiger partial charge in [0.05, 0.1) is 16.7 Å². The van der Waals surface area contributed by atoms with Crippen molar-refractivity contribution in [3.05, 3.63) is 127 Å². The zero-order chi connectivity index (χ0) is 43.2. The minimum atomic E-state index is -0.181. The normalized spacial score (nSPS) is 17.1. The third kappa shape index (κ3) is 24.2. The molecule has 6 rings (SSSR count). The number of benzene rings is 4. The van der Waals surface area contributed by atoms with Crippen LogP contribution >= 0.6 is 58.0 Å². The van der Waals surface area contributed by atoms with Gasteiger partial charge in [-0.2, -0.15) is 0 Å². The number of rotatable bonds is 13. The van der Waals surface area contributed by atoms with Crippen molar-refractivity contribution in [3.8, 4) is 11.5 Å². The van der Waals surface area contributed by atoms with Crippen molar-refractivity contribution in [1.29, 1.82) is 0 Å². The maximum Gasteiger partial charge on any atom is 1.00 e. The number of hydrogen-bond donors (Lipinski definition) is 3. The van der Waals surface area contributed by atoms with Gasteiger partial charge in [0, 0.05) is 60.1 Å². The third-order valence-electron chi connectivity index (χ3n) is 10.1. The fourth-order valence-electron chi connectivity index (χ4n) is 6.78. The van der Waals surface area contributed by atoms with E-state index >= 15 is 0 Å². The van der Waals surface area contributed by atoms with Gasteiger partial charge in [-0.15, -0.1) is 11.6 Å². The molecule has 4 atom stereocenters. The molecule has 4 aromatic carbocycles. The van der Waals surface area contributed by atoms with Crippen LogP contribution in [-0.2, 0) is 22.8 Å². The summed E-state index contributed by atoms with van der Waals surface area (Å²) >= 11 is 29.9. The van der Waals surface area contributed by atoms with E-state index in [4.69, 9.17) is 72.8 Å². The Morgan fingerprint density at radius 2 is 1.25 bits per heavy atom. The van der Waals surface area contributed by atoms with E-state index in [0.29, 0.717) is 22.5 Å². The molecular weight excluding hydrogens is 932 g/mol. The van der Waals surface area contributed by atoms with E-state index in [0.717, 1.165) is 64.0 Å². The number of hydrogen-bond acceptors (Lipinski definition) is 9. The summed E-state index contributed by atoms with van der Waals surface area (Å²) in [6.45, 7) is 10.9. The summed E-state index contributed by atoms with van der Waals surface area (Å²) in [6.07, 6.45) is 5.12. The number of phenolic OH excluding ortho intramolecular Hbond substituents is 1. The van der Waals surface area contributed by atoms with Gasteiger partial charge in [0.25, 0.3) is 6.47 Å². The standard InChI is InChI=1S/C22H28Cl2N2O.C15H15Cl2NO.C7H14ClN.CH2O3.2K.H/c1-16(19-6-3-7-20(23)12-19)25-13-17-8-9-21(24)22(11-17)27-15-18-5-4-10-26(2)14-18;1-10(12-3-2-4-13(16)8-12)18-9-11-5-6-14(17)15(19)7-11;1-9-4-2-3-7(5-8)6-9;2-1-4-3;;;/h3,6-9,11-12,16,18,25H,4-5,10,13-15H2,1-2H3;2-8,10,18-19H,9H2,1H3;7H,2-6H2,1H3;1,3H;;;/q;;;;2*+1;-1/p-1/t16-,18?;10-;;;;;/m11...../s1. The van der Waals surface area contributed by atoms with E-state index in [2.05, 4.69) is 59.3 Å². The number of aromatic hydroxyl groups is 1. The van der Waals surface area contributed by atoms with Crippen LogP contribution in [0.15, 0.2) is 84.9 Å². The van der Waals surface area contributed by atoms with E-state index in [1.54, 1.807) is 12.1 Å². The predicted molar refractivity (Wildman–Crippen MR) is 243 cm³/mol. The van der Waals surface area contributed by atoms with Gasteiger partial charge in [-0.05, 0) is 143 Å². The van der Waals surface area contributed by atoms with E-state index in [-0.39, 0.29) is 129 Å². The number of alkyl halides is 1. The van der Waals surface area contributed by atoms with E-state index in [1.807, 2.05) is 66.7 Å². The smallest absolute Gasteiger partial charge is 1.00 e. The summed E-state index contributed by atoms with van der Waals surface area (Å²) in [7, 11) is 4.34. The molecule has 0 spiro atoms. The topological polar surface area (TPSA) is 109 Å². The average Bonchev–Trinajstić information content (AvgIpc) is 3.23. The molecule has 9 nitrogen and oxygen atoms in total. The van der Waals surface area contributed by atoms with Crippen molar-refractivity contribution < 1.29 is 129 Å². The zero-order valence-corrected chi connectivity index (χ0v) is 46.3. The van der Waals surface area contributed by atoms with Crippen LogP contribution in [0.25, 0.3) is 0 Å². The first-order valence-electron chi connectivity index (χ1n) is 19.8. The first-order valence-corrected chi connectivity index (χ1v) is 21.9. The minimum Gasteiger partial charge on any atom is -1.00 e. The summed E-state index contributed by atoms with van der Waals surface area (Å²) < 4.78 is 6.07. The van der Waals surface area contributed by atoms with Gasteiger partial charge in [-0.25, -0.2) is 0 Å². The Morgan fingerprint density at radius 3 is 1.69 bits per heavy atom. The van der Waals surface area contributed by atoms with Crippen LogP contribution in [0.3, 0.4) is 0 Å². The molecule has 0 radical (unpaired) electrons. The van der Waals surface area contributed by atoms with Gasteiger partial charge < -0.3 is 41.8 Å². The predicted octanol–water partition coefficient (Wildman–Crippen LogP) is 4.24. The van der Waals surface area contributed by atoms with Gasteiger partial charge in [-0.3, -0.25) is 4.79 Å². The monoisotopic (exact) mass is 988 g/mol. The fourth-order valence-corrected chi connectivity index (χ4v) is 7.72. The molecule has 16 heteroatoms. The first kappa shape index (κ1) is 59.5. The van der Waals surface area contributed by atoms with Crippen molar-refractivity contribution >= 4 is 64.5 Å². The van der Waals surface area contributed by atoms with Crippen LogP contribution in [-0.4, -0.2) is 74.1 Å².